The first-order chi connectivity index (χ1) is 13.0. The molecule has 2 rings (SSSR count). The zero-order valence-corrected chi connectivity index (χ0v) is 15.8. The van der Waals surface area contributed by atoms with Gasteiger partial charge in [0, 0.05) is 0 Å². The Bertz CT molecular complexity index is 760. The van der Waals surface area contributed by atoms with E-state index in [-0.39, 0.29) is 0 Å². The van der Waals surface area contributed by atoms with Gasteiger partial charge in [0.05, 0.1) is 27.9 Å². The monoisotopic (exact) mass is 376 g/mol. The van der Waals surface area contributed by atoms with Crippen LogP contribution in [-0.2, 0) is 9.53 Å². The molecular weight excluding hydrogens is 352 g/mol. The van der Waals surface area contributed by atoms with Crippen molar-refractivity contribution < 1.29 is 33.6 Å². The smallest absolute Gasteiger partial charge is 0.350 e. The van der Waals surface area contributed by atoms with Gasteiger partial charge in [-0.15, -0.1) is 0 Å². The minimum Gasteiger partial charge on any atom is -0.493 e. The van der Waals surface area contributed by atoms with E-state index in [1.165, 1.54) is 21.3 Å². The molecule has 7 heteroatoms. The number of rotatable bonds is 9. The maximum Gasteiger partial charge on any atom is 0.350 e. The Morgan fingerprint density at radius 1 is 0.963 bits per heavy atom. The Morgan fingerprint density at radius 2 is 1.63 bits per heavy atom. The summed E-state index contributed by atoms with van der Waals surface area (Å²) >= 11 is 0. The summed E-state index contributed by atoms with van der Waals surface area (Å²) in [5.74, 6) is 1.00. The van der Waals surface area contributed by atoms with Crippen molar-refractivity contribution in [3.05, 3.63) is 48.0 Å². The summed E-state index contributed by atoms with van der Waals surface area (Å²) < 4.78 is 26.5. The zero-order chi connectivity index (χ0) is 19.8. The number of hydrogen-bond donors (Lipinski definition) is 1. The lowest BCUT2D eigenvalue weighted by molar-refractivity contribution is -0.154. The van der Waals surface area contributed by atoms with E-state index in [0.29, 0.717) is 35.2 Å². The molecule has 0 fully saturated rings. The van der Waals surface area contributed by atoms with E-state index in [4.69, 9.17) is 23.7 Å². The molecule has 0 aliphatic carbocycles. The summed E-state index contributed by atoms with van der Waals surface area (Å²) in [6.45, 7) is 2.33. The molecule has 0 spiro atoms. The molecule has 0 saturated heterocycles. The van der Waals surface area contributed by atoms with Crippen molar-refractivity contribution in [2.24, 2.45) is 0 Å². The number of benzene rings is 2. The van der Waals surface area contributed by atoms with E-state index in [2.05, 4.69) is 0 Å². The van der Waals surface area contributed by atoms with Crippen LogP contribution in [0.3, 0.4) is 0 Å². The van der Waals surface area contributed by atoms with Crippen molar-refractivity contribution in [1.82, 2.24) is 0 Å². The van der Waals surface area contributed by atoms with Crippen LogP contribution in [0.4, 0.5) is 0 Å². The van der Waals surface area contributed by atoms with Crippen LogP contribution in [0.15, 0.2) is 42.5 Å². The number of carbonyl (C=O) groups excluding carboxylic acids is 1. The summed E-state index contributed by atoms with van der Waals surface area (Å²) in [6, 6.07) is 11.7. The molecule has 7 nitrogen and oxygen atoms in total. The Kier molecular flexibility index (Phi) is 7.31. The summed E-state index contributed by atoms with van der Waals surface area (Å²) in [4.78, 5) is 12.3. The average Bonchev–Trinajstić information content (AvgIpc) is 2.71. The molecule has 0 radical (unpaired) electrons. The third-order valence-corrected chi connectivity index (χ3v) is 3.87. The van der Waals surface area contributed by atoms with E-state index in [9.17, 15) is 9.90 Å². The molecule has 0 aliphatic rings. The fraction of sp³-hybridized carbons (Fsp3) is 0.350. The lowest BCUT2D eigenvalue weighted by Crippen LogP contribution is -2.35. The van der Waals surface area contributed by atoms with E-state index in [1.54, 1.807) is 42.5 Å². The predicted molar refractivity (Wildman–Crippen MR) is 98.5 cm³/mol. The first kappa shape index (κ1) is 20.4. The lowest BCUT2D eigenvalue weighted by Gasteiger charge is -2.24. The molecule has 0 saturated carbocycles. The van der Waals surface area contributed by atoms with Gasteiger partial charge >= 0.3 is 5.97 Å². The fourth-order valence-corrected chi connectivity index (χ4v) is 2.53. The van der Waals surface area contributed by atoms with Crippen LogP contribution in [0.1, 0.15) is 18.6 Å². The topological polar surface area (TPSA) is 83.5 Å². The van der Waals surface area contributed by atoms with Crippen LogP contribution in [0, 0.1) is 0 Å². The Labute approximate surface area is 158 Å². The summed E-state index contributed by atoms with van der Waals surface area (Å²) in [5.41, 5.74) is 0.417. The quantitative estimate of drug-likeness (QED) is 0.674. The van der Waals surface area contributed by atoms with Crippen LogP contribution in [0.5, 0.6) is 23.0 Å². The highest BCUT2D eigenvalue weighted by atomic mass is 16.6. The summed E-state index contributed by atoms with van der Waals surface area (Å²) in [5, 5.41) is 10.8. The van der Waals surface area contributed by atoms with Crippen LogP contribution in [0.25, 0.3) is 0 Å². The molecule has 1 N–H and O–H groups in total. The van der Waals surface area contributed by atoms with Gasteiger partial charge in [-0.3, -0.25) is 0 Å². The van der Waals surface area contributed by atoms with Crippen molar-refractivity contribution in [2.45, 2.75) is 19.1 Å². The molecule has 0 bridgehead atoms. The largest absolute Gasteiger partial charge is 0.493 e. The number of methoxy groups -OCH3 is 3. The molecule has 0 unspecified atom stereocenters. The number of aliphatic hydroxyl groups is 1. The fourth-order valence-electron chi connectivity index (χ4n) is 2.53. The van der Waals surface area contributed by atoms with Gasteiger partial charge in [-0.05, 0) is 36.8 Å². The minimum absolute atomic E-state index is 0.312. The van der Waals surface area contributed by atoms with E-state index >= 15 is 0 Å². The highest BCUT2D eigenvalue weighted by Crippen LogP contribution is 2.34. The molecule has 0 aliphatic heterocycles. The first-order valence-corrected chi connectivity index (χ1v) is 8.42. The third-order valence-electron chi connectivity index (χ3n) is 3.87. The normalized spacial score (nSPS) is 12.6. The number of hydrogen-bond acceptors (Lipinski definition) is 7. The van der Waals surface area contributed by atoms with Crippen molar-refractivity contribution in [2.75, 3.05) is 27.9 Å². The lowest BCUT2D eigenvalue weighted by atomic mass is 10.0. The SMILES string of the molecule is CCOc1ccc([C@@H](O)[C@@H](Oc2ccccc2OC)C(=O)OC)cc1OC. The van der Waals surface area contributed by atoms with Crippen molar-refractivity contribution in [3.8, 4) is 23.0 Å². The van der Waals surface area contributed by atoms with Gasteiger partial charge in [0.1, 0.15) is 6.10 Å². The first-order valence-electron chi connectivity index (χ1n) is 8.42. The Hall–Kier alpha value is -2.93. The van der Waals surface area contributed by atoms with Crippen LogP contribution in [0.2, 0.25) is 0 Å². The average molecular weight is 376 g/mol. The van der Waals surface area contributed by atoms with E-state index in [0.717, 1.165) is 0 Å². The maximum atomic E-state index is 12.3. The molecule has 0 amide bonds. The highest BCUT2D eigenvalue weighted by molar-refractivity contribution is 5.76. The second kappa shape index (κ2) is 9.68. The molecule has 27 heavy (non-hydrogen) atoms. The van der Waals surface area contributed by atoms with Crippen LogP contribution in [-0.4, -0.2) is 45.1 Å². The molecule has 2 aromatic rings. The zero-order valence-electron chi connectivity index (χ0n) is 15.8. The molecule has 2 aromatic carbocycles. The van der Waals surface area contributed by atoms with Crippen LogP contribution < -0.4 is 18.9 Å². The molecule has 146 valence electrons. The molecule has 2 atom stereocenters. The molecule has 0 aromatic heterocycles. The van der Waals surface area contributed by atoms with Crippen LogP contribution >= 0.6 is 0 Å². The summed E-state index contributed by atoms with van der Waals surface area (Å²) in [6.07, 6.45) is -2.60. The number of carbonyl (C=O) groups is 1. The standard InChI is InChI=1S/C20H24O7/c1-5-26-15-11-10-13(12-17(15)24-3)18(21)19(20(22)25-4)27-16-9-7-6-8-14(16)23-2/h6-12,18-19,21H,5H2,1-4H3/t18-,19-/m1/s1. The second-order valence-electron chi connectivity index (χ2n) is 5.50. The molecular formula is C20H24O7. The Balaban J connectivity index is 2.34. The number of esters is 1. The van der Waals surface area contributed by atoms with Gasteiger partial charge in [0.25, 0.3) is 0 Å². The second-order valence-corrected chi connectivity index (χ2v) is 5.50. The van der Waals surface area contributed by atoms with Crippen molar-refractivity contribution in [1.29, 1.82) is 0 Å². The van der Waals surface area contributed by atoms with Gasteiger partial charge in [0.2, 0.25) is 6.10 Å². The summed E-state index contributed by atoms with van der Waals surface area (Å²) in [7, 11) is 4.21. The predicted octanol–water partition coefficient (Wildman–Crippen LogP) is 2.76. The maximum absolute atomic E-state index is 12.3. The number of aliphatic hydroxyl groups excluding tert-OH is 1. The number of para-hydroxylation sites is 2. The van der Waals surface area contributed by atoms with Gasteiger partial charge in [-0.25, -0.2) is 4.79 Å². The third kappa shape index (κ3) is 4.83. The van der Waals surface area contributed by atoms with Gasteiger partial charge in [-0.1, -0.05) is 18.2 Å². The Morgan fingerprint density at radius 3 is 2.22 bits per heavy atom. The van der Waals surface area contributed by atoms with Crippen molar-refractivity contribution in [3.63, 3.8) is 0 Å². The minimum atomic E-state index is -1.30. The van der Waals surface area contributed by atoms with Gasteiger partial charge in [-0.2, -0.15) is 0 Å². The van der Waals surface area contributed by atoms with E-state index in [1.807, 2.05) is 6.92 Å². The molecule has 0 heterocycles. The number of ether oxygens (including phenoxy) is 5. The highest BCUT2D eigenvalue weighted by Gasteiger charge is 2.32. The van der Waals surface area contributed by atoms with Gasteiger partial charge < -0.3 is 28.8 Å². The van der Waals surface area contributed by atoms with Crippen molar-refractivity contribution >= 4 is 5.97 Å². The van der Waals surface area contributed by atoms with Gasteiger partial charge in [0.15, 0.2) is 23.0 Å². The van der Waals surface area contributed by atoms with E-state index < -0.39 is 18.2 Å².